The lowest BCUT2D eigenvalue weighted by molar-refractivity contribution is -0.174. The SMILES string of the molecule is CC#CCO.CC#CCOC(=O)[C@@](O)(c1ccccc1)C1CCCCC1.CC(C)COC(=O)OC(=O)[C@@](O)(c1ccccc1)C1CCCCC1. The predicted molar refractivity (Wildman–Crippen MR) is 191 cm³/mol. The van der Waals surface area contributed by atoms with Gasteiger partial charge in [-0.05, 0) is 56.6 Å². The van der Waals surface area contributed by atoms with E-state index in [2.05, 4.69) is 23.7 Å². The van der Waals surface area contributed by atoms with E-state index in [1.807, 2.05) is 38.1 Å². The van der Waals surface area contributed by atoms with Crippen molar-refractivity contribution in [3.05, 3.63) is 71.8 Å². The van der Waals surface area contributed by atoms with E-state index in [1.165, 1.54) is 0 Å². The summed E-state index contributed by atoms with van der Waals surface area (Å²) in [4.78, 5) is 36.9. The van der Waals surface area contributed by atoms with Crippen LogP contribution in [-0.2, 0) is 35.0 Å². The molecular formula is C41H54O9. The molecule has 3 N–H and O–H groups in total. The largest absolute Gasteiger partial charge is 0.516 e. The zero-order valence-electron chi connectivity index (χ0n) is 30.0. The number of aliphatic hydroxyl groups is 3. The van der Waals surface area contributed by atoms with Crippen LogP contribution in [0.3, 0.4) is 0 Å². The fraction of sp³-hybridized carbons (Fsp3) is 0.537. The van der Waals surface area contributed by atoms with Gasteiger partial charge in [0.25, 0.3) is 0 Å². The van der Waals surface area contributed by atoms with Crippen LogP contribution >= 0.6 is 0 Å². The van der Waals surface area contributed by atoms with E-state index in [1.54, 1.807) is 50.2 Å². The smallest absolute Gasteiger partial charge is 0.450 e. The zero-order chi connectivity index (χ0) is 36.8. The number of carbonyl (C=O) groups excluding carboxylic acids is 3. The Labute approximate surface area is 297 Å². The summed E-state index contributed by atoms with van der Waals surface area (Å²) >= 11 is 0. The molecule has 0 aliphatic heterocycles. The van der Waals surface area contributed by atoms with Crippen molar-refractivity contribution in [3.63, 3.8) is 0 Å². The number of carbonyl (C=O) groups is 3. The van der Waals surface area contributed by atoms with E-state index in [9.17, 15) is 24.6 Å². The van der Waals surface area contributed by atoms with Crippen LogP contribution in [0.15, 0.2) is 60.7 Å². The van der Waals surface area contributed by atoms with Crippen molar-refractivity contribution in [3.8, 4) is 23.7 Å². The third-order valence-electron chi connectivity index (χ3n) is 8.86. The topological polar surface area (TPSA) is 140 Å². The second kappa shape index (κ2) is 22.5. The molecule has 2 fully saturated rings. The molecule has 2 aromatic carbocycles. The maximum atomic E-state index is 12.6. The van der Waals surface area contributed by atoms with Crippen LogP contribution in [0.25, 0.3) is 0 Å². The van der Waals surface area contributed by atoms with Crippen LogP contribution in [0.5, 0.6) is 0 Å². The molecule has 2 saturated carbocycles. The minimum Gasteiger partial charge on any atom is -0.450 e. The molecule has 0 spiro atoms. The van der Waals surface area contributed by atoms with Gasteiger partial charge in [0.2, 0.25) is 0 Å². The second-order valence-corrected chi connectivity index (χ2v) is 12.9. The number of hydrogen-bond acceptors (Lipinski definition) is 9. The molecule has 2 aliphatic rings. The normalized spacial score (nSPS) is 16.8. The quantitative estimate of drug-likeness (QED) is 0.147. The zero-order valence-corrected chi connectivity index (χ0v) is 30.0. The molecular weight excluding hydrogens is 636 g/mol. The lowest BCUT2D eigenvalue weighted by Gasteiger charge is -2.36. The number of aliphatic hydroxyl groups excluding tert-OH is 1. The Morgan fingerprint density at radius 1 is 0.700 bits per heavy atom. The summed E-state index contributed by atoms with van der Waals surface area (Å²) in [6.07, 6.45) is 8.33. The molecule has 9 heteroatoms. The maximum absolute atomic E-state index is 12.6. The highest BCUT2D eigenvalue weighted by atomic mass is 16.7. The molecule has 0 amide bonds. The highest BCUT2D eigenvalue weighted by Gasteiger charge is 2.48. The van der Waals surface area contributed by atoms with Gasteiger partial charge in [-0.3, -0.25) is 0 Å². The van der Waals surface area contributed by atoms with Gasteiger partial charge in [-0.25, -0.2) is 14.4 Å². The highest BCUT2D eigenvalue weighted by Crippen LogP contribution is 2.41. The number of hydrogen-bond donors (Lipinski definition) is 3. The summed E-state index contributed by atoms with van der Waals surface area (Å²) in [5.74, 6) is 8.58. The average molecular weight is 691 g/mol. The van der Waals surface area contributed by atoms with Gasteiger partial charge in [-0.15, -0.1) is 11.8 Å². The van der Waals surface area contributed by atoms with E-state index in [4.69, 9.17) is 19.3 Å². The lowest BCUT2D eigenvalue weighted by Crippen LogP contribution is -2.46. The summed E-state index contributed by atoms with van der Waals surface area (Å²) in [5, 5.41) is 30.3. The molecule has 272 valence electrons. The summed E-state index contributed by atoms with van der Waals surface area (Å²) in [6, 6.07) is 17.8. The van der Waals surface area contributed by atoms with Crippen molar-refractivity contribution < 1.29 is 43.9 Å². The Hall–Kier alpha value is -4.15. The molecule has 4 rings (SSSR count). The van der Waals surface area contributed by atoms with Gasteiger partial charge in [0.15, 0.2) is 17.8 Å². The van der Waals surface area contributed by atoms with Gasteiger partial charge in [0.05, 0.1) is 6.61 Å². The first-order valence-electron chi connectivity index (χ1n) is 17.6. The van der Waals surface area contributed by atoms with Gasteiger partial charge >= 0.3 is 18.1 Å². The first-order chi connectivity index (χ1) is 24.0. The molecule has 0 aromatic heterocycles. The Bertz CT molecular complexity index is 1420. The minimum atomic E-state index is -1.82. The molecule has 2 atom stereocenters. The first kappa shape index (κ1) is 42.0. The number of esters is 2. The maximum Gasteiger partial charge on any atom is 0.516 e. The van der Waals surface area contributed by atoms with Gasteiger partial charge in [0.1, 0.15) is 6.61 Å². The molecule has 0 saturated heterocycles. The van der Waals surface area contributed by atoms with E-state index >= 15 is 0 Å². The molecule has 2 aromatic rings. The van der Waals surface area contributed by atoms with Crippen LogP contribution in [-0.4, -0.2) is 53.2 Å². The number of benzene rings is 2. The molecule has 0 radical (unpaired) electrons. The molecule has 50 heavy (non-hydrogen) atoms. The lowest BCUT2D eigenvalue weighted by atomic mass is 9.73. The molecule has 0 heterocycles. The van der Waals surface area contributed by atoms with E-state index in [0.717, 1.165) is 64.2 Å². The van der Waals surface area contributed by atoms with Gasteiger partial charge in [0, 0.05) is 11.8 Å². The van der Waals surface area contributed by atoms with E-state index in [-0.39, 0.29) is 37.6 Å². The van der Waals surface area contributed by atoms with Crippen molar-refractivity contribution in [1.29, 1.82) is 0 Å². The Kier molecular flexibility index (Phi) is 18.9. The van der Waals surface area contributed by atoms with Crippen molar-refractivity contribution in [2.75, 3.05) is 19.8 Å². The van der Waals surface area contributed by atoms with Crippen molar-refractivity contribution in [2.45, 2.75) is 103 Å². The second-order valence-electron chi connectivity index (χ2n) is 12.9. The predicted octanol–water partition coefficient (Wildman–Crippen LogP) is 6.81. The Morgan fingerprint density at radius 2 is 1.14 bits per heavy atom. The Morgan fingerprint density at radius 3 is 1.52 bits per heavy atom. The third-order valence-corrected chi connectivity index (χ3v) is 8.86. The molecule has 0 unspecified atom stereocenters. The molecule has 2 aliphatic carbocycles. The highest BCUT2D eigenvalue weighted by molar-refractivity contribution is 5.89. The third kappa shape index (κ3) is 12.6. The van der Waals surface area contributed by atoms with Gasteiger partial charge in [-0.1, -0.05) is 125 Å². The fourth-order valence-electron chi connectivity index (χ4n) is 6.25. The molecule has 0 bridgehead atoms. The summed E-state index contributed by atoms with van der Waals surface area (Å²) in [7, 11) is 0. The summed E-state index contributed by atoms with van der Waals surface area (Å²) in [5.41, 5.74) is -2.31. The van der Waals surface area contributed by atoms with Gasteiger partial charge < -0.3 is 29.5 Å². The van der Waals surface area contributed by atoms with Crippen molar-refractivity contribution in [1.82, 2.24) is 0 Å². The standard InChI is InChI=1S/C19H26O5.C18H22O3.C4H6O/c1-14(2)13-23-18(21)24-17(20)19(22,15-9-5-3-6-10-15)16-11-7-4-8-12-16;1-2-3-14-21-17(19)18(20,15-10-6-4-7-11-15)16-12-8-5-9-13-16;1-2-3-4-5/h3,5-6,9-10,14,16,22H,4,7-8,11-13H2,1-2H3;4,6-7,10-11,16,20H,5,8-9,12-14H2,1H3;5H,4H2,1H3/t19-;18-;/m11./s1. The fourth-order valence-corrected chi connectivity index (χ4v) is 6.25. The van der Waals surface area contributed by atoms with E-state index in [0.29, 0.717) is 11.1 Å². The van der Waals surface area contributed by atoms with Crippen LogP contribution in [0.1, 0.15) is 103 Å². The van der Waals surface area contributed by atoms with Gasteiger partial charge in [-0.2, -0.15) is 0 Å². The summed E-state index contributed by atoms with van der Waals surface area (Å²) in [6.45, 7) is 7.33. The van der Waals surface area contributed by atoms with Crippen LogP contribution in [0, 0.1) is 41.4 Å². The van der Waals surface area contributed by atoms with Crippen LogP contribution in [0.2, 0.25) is 0 Å². The average Bonchev–Trinajstić information content (AvgIpc) is 3.15. The molecule has 9 nitrogen and oxygen atoms in total. The van der Waals surface area contributed by atoms with Crippen molar-refractivity contribution in [2.24, 2.45) is 17.8 Å². The summed E-state index contributed by atoms with van der Waals surface area (Å²) < 4.78 is 14.9. The van der Waals surface area contributed by atoms with Crippen LogP contribution < -0.4 is 0 Å². The number of rotatable bonds is 9. The monoisotopic (exact) mass is 690 g/mol. The van der Waals surface area contributed by atoms with Crippen molar-refractivity contribution >= 4 is 18.1 Å². The van der Waals surface area contributed by atoms with Crippen LogP contribution in [0.4, 0.5) is 4.79 Å². The van der Waals surface area contributed by atoms with E-state index < -0.39 is 29.3 Å². The minimum absolute atomic E-state index is 0.0174. The Balaban J connectivity index is 0.000000308. The first-order valence-corrected chi connectivity index (χ1v) is 17.6. The number of ether oxygens (including phenoxy) is 3.